The standard InChI is InChI=1S/C21H14Cl3N3O2/c22-14-10-9-13(18(24)11-14)12-25-27-21(29)16-6-2-4-8-19(16)26-20(28)15-5-1-3-7-17(15)23/h1-12H,(H,26,28)(H,27,29)/b25-12-. The molecule has 0 aromatic heterocycles. The van der Waals surface area contributed by atoms with Crippen LogP contribution in [0.3, 0.4) is 0 Å². The lowest BCUT2D eigenvalue weighted by atomic mass is 10.1. The molecule has 3 aromatic carbocycles. The number of carbonyl (C=O) groups excluding carboxylic acids is 2. The van der Waals surface area contributed by atoms with Crippen LogP contribution in [0.25, 0.3) is 0 Å². The lowest BCUT2D eigenvalue weighted by Gasteiger charge is -2.10. The summed E-state index contributed by atoms with van der Waals surface area (Å²) in [4.78, 5) is 25.0. The van der Waals surface area contributed by atoms with Gasteiger partial charge >= 0.3 is 0 Å². The Morgan fingerprint density at radius 1 is 0.793 bits per heavy atom. The maximum Gasteiger partial charge on any atom is 0.273 e. The summed E-state index contributed by atoms with van der Waals surface area (Å²) in [6.07, 6.45) is 1.40. The van der Waals surface area contributed by atoms with Gasteiger partial charge in [0.1, 0.15) is 0 Å². The number of nitrogens with zero attached hydrogens (tertiary/aromatic N) is 1. The molecule has 0 aliphatic heterocycles. The van der Waals surface area contributed by atoms with Crippen molar-refractivity contribution in [1.82, 2.24) is 5.43 Å². The first-order chi connectivity index (χ1) is 14.0. The SMILES string of the molecule is O=C(Nc1ccccc1C(=O)N/N=C\c1ccc(Cl)cc1Cl)c1ccccc1Cl. The van der Waals surface area contributed by atoms with Crippen LogP contribution in [0, 0.1) is 0 Å². The van der Waals surface area contributed by atoms with Crippen LogP contribution < -0.4 is 10.7 Å². The second-order valence-electron chi connectivity index (χ2n) is 5.84. The Kier molecular flexibility index (Phi) is 6.88. The summed E-state index contributed by atoms with van der Waals surface area (Å²) in [6.45, 7) is 0. The monoisotopic (exact) mass is 445 g/mol. The van der Waals surface area contributed by atoms with Gasteiger partial charge in [0.25, 0.3) is 11.8 Å². The van der Waals surface area contributed by atoms with E-state index in [1.807, 2.05) is 0 Å². The van der Waals surface area contributed by atoms with Crippen molar-refractivity contribution in [3.63, 3.8) is 0 Å². The highest BCUT2D eigenvalue weighted by Crippen LogP contribution is 2.21. The van der Waals surface area contributed by atoms with Gasteiger partial charge in [-0.05, 0) is 36.4 Å². The fourth-order valence-corrected chi connectivity index (χ4v) is 3.13. The fraction of sp³-hybridized carbons (Fsp3) is 0. The third-order valence-electron chi connectivity index (χ3n) is 3.87. The van der Waals surface area contributed by atoms with E-state index in [0.29, 0.717) is 31.9 Å². The highest BCUT2D eigenvalue weighted by atomic mass is 35.5. The third kappa shape index (κ3) is 5.35. The number of rotatable bonds is 5. The van der Waals surface area contributed by atoms with Gasteiger partial charge in [-0.15, -0.1) is 0 Å². The molecule has 0 heterocycles. The Labute approximate surface area is 182 Å². The van der Waals surface area contributed by atoms with E-state index in [4.69, 9.17) is 34.8 Å². The van der Waals surface area contributed by atoms with Crippen LogP contribution in [0.5, 0.6) is 0 Å². The van der Waals surface area contributed by atoms with Crippen molar-refractivity contribution in [2.45, 2.75) is 0 Å². The molecule has 2 amide bonds. The van der Waals surface area contributed by atoms with E-state index in [0.717, 1.165) is 0 Å². The van der Waals surface area contributed by atoms with Crippen LogP contribution in [0.1, 0.15) is 26.3 Å². The minimum Gasteiger partial charge on any atom is -0.321 e. The first-order valence-corrected chi connectivity index (χ1v) is 9.52. The molecule has 0 saturated carbocycles. The molecular formula is C21H14Cl3N3O2. The molecule has 0 saturated heterocycles. The number of hydrogen-bond acceptors (Lipinski definition) is 3. The molecule has 0 bridgehead atoms. The van der Waals surface area contributed by atoms with Gasteiger partial charge < -0.3 is 5.32 Å². The van der Waals surface area contributed by atoms with E-state index < -0.39 is 11.8 Å². The first-order valence-electron chi connectivity index (χ1n) is 8.39. The van der Waals surface area contributed by atoms with Crippen molar-refractivity contribution < 1.29 is 9.59 Å². The molecule has 0 atom stereocenters. The van der Waals surface area contributed by atoms with Crippen LogP contribution in [-0.2, 0) is 0 Å². The van der Waals surface area contributed by atoms with E-state index in [2.05, 4.69) is 15.8 Å². The van der Waals surface area contributed by atoms with Gasteiger partial charge in [-0.3, -0.25) is 9.59 Å². The van der Waals surface area contributed by atoms with Crippen molar-refractivity contribution in [2.75, 3.05) is 5.32 Å². The summed E-state index contributed by atoms with van der Waals surface area (Å²) in [6, 6.07) is 18.1. The summed E-state index contributed by atoms with van der Waals surface area (Å²) >= 11 is 18.0. The molecule has 8 heteroatoms. The second-order valence-corrected chi connectivity index (χ2v) is 7.10. The van der Waals surface area contributed by atoms with E-state index in [9.17, 15) is 9.59 Å². The van der Waals surface area contributed by atoms with Gasteiger partial charge in [0.2, 0.25) is 0 Å². The molecule has 0 aliphatic rings. The van der Waals surface area contributed by atoms with Gasteiger partial charge in [0, 0.05) is 10.6 Å². The quantitative estimate of drug-likeness (QED) is 0.392. The Morgan fingerprint density at radius 3 is 2.21 bits per heavy atom. The van der Waals surface area contributed by atoms with E-state index in [1.54, 1.807) is 66.7 Å². The molecule has 0 radical (unpaired) electrons. The Hall–Kier alpha value is -2.86. The topological polar surface area (TPSA) is 70.6 Å². The molecule has 3 aromatic rings. The number of anilines is 1. The highest BCUT2D eigenvalue weighted by Gasteiger charge is 2.15. The van der Waals surface area contributed by atoms with E-state index in [-0.39, 0.29) is 5.56 Å². The van der Waals surface area contributed by atoms with Gasteiger partial charge in [0.05, 0.1) is 33.1 Å². The number of carbonyl (C=O) groups is 2. The van der Waals surface area contributed by atoms with Crippen molar-refractivity contribution in [2.24, 2.45) is 5.10 Å². The molecule has 0 unspecified atom stereocenters. The predicted octanol–water partition coefficient (Wildman–Crippen LogP) is 5.66. The zero-order chi connectivity index (χ0) is 20.8. The molecule has 5 nitrogen and oxygen atoms in total. The number of hydrogen-bond donors (Lipinski definition) is 2. The number of benzene rings is 3. The number of halogens is 3. The van der Waals surface area contributed by atoms with Crippen LogP contribution in [-0.4, -0.2) is 18.0 Å². The van der Waals surface area contributed by atoms with E-state index in [1.165, 1.54) is 6.21 Å². The average Bonchev–Trinajstić information content (AvgIpc) is 2.70. The lowest BCUT2D eigenvalue weighted by molar-refractivity contribution is 0.0956. The first kappa shape index (κ1) is 20.9. The van der Waals surface area contributed by atoms with Crippen molar-refractivity contribution >= 4 is 58.5 Å². The molecular weight excluding hydrogens is 433 g/mol. The molecule has 146 valence electrons. The molecule has 3 rings (SSSR count). The number of hydrazone groups is 1. The Balaban J connectivity index is 1.74. The summed E-state index contributed by atoms with van der Waals surface area (Å²) in [5.74, 6) is -0.923. The Morgan fingerprint density at radius 2 is 1.48 bits per heavy atom. The van der Waals surface area contributed by atoms with Crippen molar-refractivity contribution in [1.29, 1.82) is 0 Å². The van der Waals surface area contributed by atoms with Gasteiger partial charge in [-0.1, -0.05) is 65.1 Å². The van der Waals surface area contributed by atoms with Crippen LogP contribution in [0.2, 0.25) is 15.1 Å². The summed E-state index contributed by atoms with van der Waals surface area (Å²) in [7, 11) is 0. The molecule has 0 fully saturated rings. The summed E-state index contributed by atoms with van der Waals surface area (Å²) in [5.41, 5.74) is 3.89. The second kappa shape index (κ2) is 9.56. The summed E-state index contributed by atoms with van der Waals surface area (Å²) < 4.78 is 0. The van der Waals surface area contributed by atoms with Crippen LogP contribution in [0.4, 0.5) is 5.69 Å². The minimum atomic E-state index is -0.499. The highest BCUT2D eigenvalue weighted by molar-refractivity contribution is 6.36. The third-order valence-corrected chi connectivity index (χ3v) is 4.76. The number of amides is 2. The molecule has 2 N–H and O–H groups in total. The molecule has 0 spiro atoms. The normalized spacial score (nSPS) is 10.7. The molecule has 0 aliphatic carbocycles. The van der Waals surface area contributed by atoms with Crippen LogP contribution >= 0.6 is 34.8 Å². The average molecular weight is 447 g/mol. The predicted molar refractivity (Wildman–Crippen MR) is 117 cm³/mol. The van der Waals surface area contributed by atoms with Crippen molar-refractivity contribution in [3.8, 4) is 0 Å². The fourth-order valence-electron chi connectivity index (χ4n) is 2.45. The Bertz CT molecular complexity index is 1100. The zero-order valence-corrected chi connectivity index (χ0v) is 17.1. The van der Waals surface area contributed by atoms with Gasteiger partial charge in [-0.2, -0.15) is 5.10 Å². The zero-order valence-electron chi connectivity index (χ0n) is 14.8. The molecule has 29 heavy (non-hydrogen) atoms. The summed E-state index contributed by atoms with van der Waals surface area (Å²) in [5, 5.41) is 7.84. The smallest absolute Gasteiger partial charge is 0.273 e. The lowest BCUT2D eigenvalue weighted by Crippen LogP contribution is -2.21. The van der Waals surface area contributed by atoms with E-state index >= 15 is 0 Å². The largest absolute Gasteiger partial charge is 0.321 e. The maximum absolute atomic E-state index is 12.5. The van der Waals surface area contributed by atoms with Crippen molar-refractivity contribution in [3.05, 3.63) is 98.5 Å². The van der Waals surface area contributed by atoms with Gasteiger partial charge in [0.15, 0.2) is 0 Å². The maximum atomic E-state index is 12.5. The van der Waals surface area contributed by atoms with Gasteiger partial charge in [-0.25, -0.2) is 5.43 Å². The minimum absolute atomic E-state index is 0.243. The number of nitrogens with one attached hydrogen (secondary N) is 2. The van der Waals surface area contributed by atoms with Crippen LogP contribution in [0.15, 0.2) is 71.8 Å². The number of para-hydroxylation sites is 1.